The molecule has 1 aliphatic carbocycles. The van der Waals surface area contributed by atoms with Gasteiger partial charge in [-0.25, -0.2) is 0 Å². The molecule has 0 saturated heterocycles. The van der Waals surface area contributed by atoms with Gasteiger partial charge >= 0.3 is 0 Å². The predicted octanol–water partition coefficient (Wildman–Crippen LogP) is 3.79. The molecule has 0 amide bonds. The molecule has 0 saturated carbocycles. The Morgan fingerprint density at radius 2 is 1.08 bits per heavy atom. The van der Waals surface area contributed by atoms with Crippen molar-refractivity contribution in [3.8, 4) is 0 Å². The summed E-state index contributed by atoms with van der Waals surface area (Å²) in [5.41, 5.74) is 0. The maximum atomic E-state index is 2.23. The second-order valence-electron chi connectivity index (χ2n) is 2.88. The SMILES string of the molecule is C1=CCCC/C=C/C=C\C/C=C/1. The molecule has 64 valence electrons. The van der Waals surface area contributed by atoms with Crippen LogP contribution in [0.5, 0.6) is 0 Å². The van der Waals surface area contributed by atoms with Gasteiger partial charge in [-0.05, 0) is 25.7 Å². The minimum atomic E-state index is 1.04. The van der Waals surface area contributed by atoms with Crippen molar-refractivity contribution in [1.82, 2.24) is 0 Å². The Morgan fingerprint density at radius 3 is 1.67 bits per heavy atom. The van der Waals surface area contributed by atoms with E-state index < -0.39 is 0 Å². The molecule has 0 aromatic carbocycles. The molecule has 1 rings (SSSR count). The number of rotatable bonds is 0. The van der Waals surface area contributed by atoms with Crippen LogP contribution in [0.15, 0.2) is 48.6 Å². The first kappa shape index (κ1) is 9.05. The third kappa shape index (κ3) is 4.73. The summed E-state index contributed by atoms with van der Waals surface area (Å²) in [6.45, 7) is 0. The van der Waals surface area contributed by atoms with Crippen molar-refractivity contribution in [2.24, 2.45) is 0 Å². The lowest BCUT2D eigenvalue weighted by Gasteiger charge is -1.89. The lowest BCUT2D eigenvalue weighted by Crippen LogP contribution is -1.69. The van der Waals surface area contributed by atoms with E-state index in [0.717, 1.165) is 6.42 Å². The summed E-state index contributed by atoms with van der Waals surface area (Å²) in [6.07, 6.45) is 22.0. The first-order valence-electron chi connectivity index (χ1n) is 4.63. The normalized spacial score (nSPS) is 26.7. The van der Waals surface area contributed by atoms with Crippen LogP contribution in [0.25, 0.3) is 0 Å². The molecule has 0 unspecified atom stereocenters. The Bertz CT molecular complexity index is 182. The first-order chi connectivity index (χ1) is 6.00. The average molecular weight is 160 g/mol. The molecular weight excluding hydrogens is 144 g/mol. The third-order valence-corrected chi connectivity index (χ3v) is 1.78. The smallest absolute Gasteiger partial charge is 0.0163 e. The van der Waals surface area contributed by atoms with Crippen molar-refractivity contribution in [1.29, 1.82) is 0 Å². The number of allylic oxidation sites excluding steroid dienone is 8. The zero-order valence-corrected chi connectivity index (χ0v) is 7.45. The van der Waals surface area contributed by atoms with E-state index in [0.29, 0.717) is 0 Å². The van der Waals surface area contributed by atoms with Gasteiger partial charge in [0.15, 0.2) is 0 Å². The molecule has 0 bridgehead atoms. The van der Waals surface area contributed by atoms with Crippen LogP contribution in [-0.4, -0.2) is 0 Å². The fourth-order valence-electron chi connectivity index (χ4n) is 1.10. The highest BCUT2D eigenvalue weighted by atomic mass is 13.9. The predicted molar refractivity (Wildman–Crippen MR) is 55.0 cm³/mol. The van der Waals surface area contributed by atoms with Crippen molar-refractivity contribution >= 4 is 0 Å². The van der Waals surface area contributed by atoms with Crippen molar-refractivity contribution in [3.63, 3.8) is 0 Å². The van der Waals surface area contributed by atoms with Gasteiger partial charge in [0.05, 0.1) is 0 Å². The average Bonchev–Trinajstić information content (AvgIpc) is 2.05. The Kier molecular flexibility index (Phi) is 5.02. The van der Waals surface area contributed by atoms with E-state index in [1.165, 1.54) is 19.3 Å². The monoisotopic (exact) mass is 160 g/mol. The lowest BCUT2D eigenvalue weighted by molar-refractivity contribution is 0.868. The van der Waals surface area contributed by atoms with Crippen LogP contribution in [0, 0.1) is 0 Å². The van der Waals surface area contributed by atoms with Crippen LogP contribution >= 0.6 is 0 Å². The fraction of sp³-hybridized carbons (Fsp3) is 0.333. The van der Waals surface area contributed by atoms with Gasteiger partial charge in [0, 0.05) is 0 Å². The van der Waals surface area contributed by atoms with Crippen LogP contribution in [-0.2, 0) is 0 Å². The molecule has 0 spiro atoms. The maximum absolute atomic E-state index is 2.23. The first-order valence-corrected chi connectivity index (χ1v) is 4.63. The standard InChI is InChI=1S/C12H16/c1-2-4-6-8-10-12-11-9-7-5-3-1/h1-4,7,9,11-12H,5-6,8,10H2/b3-1-,4-2+,9-7+,12-11?. The number of hydrogen-bond acceptors (Lipinski definition) is 0. The van der Waals surface area contributed by atoms with Gasteiger partial charge in [-0.15, -0.1) is 0 Å². The fourth-order valence-corrected chi connectivity index (χ4v) is 1.10. The van der Waals surface area contributed by atoms with E-state index >= 15 is 0 Å². The molecule has 0 N–H and O–H groups in total. The molecule has 12 heavy (non-hydrogen) atoms. The Labute approximate surface area is 75.0 Å². The van der Waals surface area contributed by atoms with E-state index in [2.05, 4.69) is 48.6 Å². The molecule has 0 aliphatic heterocycles. The van der Waals surface area contributed by atoms with Crippen molar-refractivity contribution in [3.05, 3.63) is 48.6 Å². The molecule has 0 heterocycles. The Balaban J connectivity index is 2.42. The Hall–Kier alpha value is -1.04. The molecule has 1 aliphatic rings. The third-order valence-electron chi connectivity index (χ3n) is 1.78. The summed E-state index contributed by atoms with van der Waals surface area (Å²) in [6, 6.07) is 0. The zero-order chi connectivity index (χ0) is 8.49. The minimum absolute atomic E-state index is 1.04. The summed E-state index contributed by atoms with van der Waals surface area (Å²) in [4.78, 5) is 0. The van der Waals surface area contributed by atoms with Gasteiger partial charge in [-0.2, -0.15) is 0 Å². The van der Waals surface area contributed by atoms with Gasteiger partial charge in [-0.3, -0.25) is 0 Å². The highest BCUT2D eigenvalue weighted by Crippen LogP contribution is 2.00. The van der Waals surface area contributed by atoms with E-state index in [1.807, 2.05) is 0 Å². The molecule has 0 aromatic heterocycles. The maximum Gasteiger partial charge on any atom is -0.0163 e. The van der Waals surface area contributed by atoms with Crippen LogP contribution in [0.1, 0.15) is 25.7 Å². The van der Waals surface area contributed by atoms with Gasteiger partial charge in [0.2, 0.25) is 0 Å². The zero-order valence-electron chi connectivity index (χ0n) is 7.45. The van der Waals surface area contributed by atoms with Crippen molar-refractivity contribution in [2.75, 3.05) is 0 Å². The highest BCUT2D eigenvalue weighted by molar-refractivity contribution is 5.09. The molecule has 0 radical (unpaired) electrons. The van der Waals surface area contributed by atoms with E-state index in [1.54, 1.807) is 0 Å². The Morgan fingerprint density at radius 1 is 0.583 bits per heavy atom. The minimum Gasteiger partial charge on any atom is -0.0845 e. The molecule has 0 nitrogen and oxygen atoms in total. The number of hydrogen-bond donors (Lipinski definition) is 0. The molecule has 0 fully saturated rings. The van der Waals surface area contributed by atoms with Gasteiger partial charge in [0.1, 0.15) is 0 Å². The summed E-state index contributed by atoms with van der Waals surface area (Å²) < 4.78 is 0. The summed E-state index contributed by atoms with van der Waals surface area (Å²) >= 11 is 0. The largest absolute Gasteiger partial charge is 0.0845 e. The van der Waals surface area contributed by atoms with E-state index in [-0.39, 0.29) is 0 Å². The van der Waals surface area contributed by atoms with Crippen LogP contribution in [0.3, 0.4) is 0 Å². The molecular formula is C12H16. The van der Waals surface area contributed by atoms with Crippen molar-refractivity contribution < 1.29 is 0 Å². The van der Waals surface area contributed by atoms with Gasteiger partial charge in [0.25, 0.3) is 0 Å². The summed E-state index contributed by atoms with van der Waals surface area (Å²) in [5, 5.41) is 0. The van der Waals surface area contributed by atoms with Crippen LogP contribution in [0.4, 0.5) is 0 Å². The van der Waals surface area contributed by atoms with Gasteiger partial charge in [-0.1, -0.05) is 48.6 Å². The highest BCUT2D eigenvalue weighted by Gasteiger charge is 1.79. The van der Waals surface area contributed by atoms with Crippen molar-refractivity contribution in [2.45, 2.75) is 25.7 Å². The van der Waals surface area contributed by atoms with Crippen LogP contribution in [0.2, 0.25) is 0 Å². The second kappa shape index (κ2) is 6.66. The summed E-state index contributed by atoms with van der Waals surface area (Å²) in [5.74, 6) is 0. The summed E-state index contributed by atoms with van der Waals surface area (Å²) in [7, 11) is 0. The quantitative estimate of drug-likeness (QED) is 0.506. The molecule has 0 atom stereocenters. The molecule has 0 heteroatoms. The molecule has 0 aromatic rings. The lowest BCUT2D eigenvalue weighted by atomic mass is 10.2. The van der Waals surface area contributed by atoms with E-state index in [9.17, 15) is 0 Å². The van der Waals surface area contributed by atoms with E-state index in [4.69, 9.17) is 0 Å². The second-order valence-corrected chi connectivity index (χ2v) is 2.88. The van der Waals surface area contributed by atoms with Gasteiger partial charge < -0.3 is 0 Å². The van der Waals surface area contributed by atoms with Crippen LogP contribution < -0.4 is 0 Å². The topological polar surface area (TPSA) is 0 Å².